The number of hydrogen-bond acceptors (Lipinski definition) is 8. The molecule has 2 aromatic rings. The van der Waals surface area contributed by atoms with Gasteiger partial charge in [-0.15, -0.1) is 23.2 Å². The quantitative estimate of drug-likeness (QED) is 0.182. The van der Waals surface area contributed by atoms with Crippen molar-refractivity contribution in [3.63, 3.8) is 0 Å². The first-order valence-corrected chi connectivity index (χ1v) is 24.5. The van der Waals surface area contributed by atoms with Gasteiger partial charge in [-0.25, -0.2) is 32.4 Å². The maximum Gasteiger partial charge on any atom is 0.762 e. The Bertz CT molecular complexity index is 1910. The van der Waals surface area contributed by atoms with E-state index in [0.717, 1.165) is 43.5 Å². The Hall–Kier alpha value is -3.75. The predicted octanol–water partition coefficient (Wildman–Crippen LogP) is 10.9. The van der Waals surface area contributed by atoms with Crippen LogP contribution in [0.5, 0.6) is 0 Å². The SMILES string of the molecule is CC(C)(C)OC(=O)N1C[C@@]2(c3cc(F)ccc3F)C[C@H]2C1C#N.CC(C)(C)OC(=O)N1C[C@@]2(c3cc(F)ccc3F)C[C@H]2C1O.CCOCC.C[Si](C)(C)C#N.ClCCl.FB(F)F. The molecule has 2 unspecified atom stereocenters. The molecule has 2 saturated carbocycles. The van der Waals surface area contributed by atoms with Gasteiger partial charge in [0.05, 0.1) is 11.4 Å². The van der Waals surface area contributed by atoms with E-state index in [1.807, 2.05) is 33.5 Å². The zero-order chi connectivity index (χ0) is 48.9. The first-order chi connectivity index (χ1) is 28.9. The van der Waals surface area contributed by atoms with Gasteiger partial charge in [0.25, 0.3) is 0 Å². The molecule has 2 aliphatic heterocycles. The minimum absolute atomic E-state index is 0.133. The molecule has 352 valence electrons. The van der Waals surface area contributed by atoms with Crippen LogP contribution in [0.2, 0.25) is 19.6 Å². The number of alkyl halides is 2. The summed E-state index contributed by atoms with van der Waals surface area (Å²) in [4.78, 5) is 27.0. The van der Waals surface area contributed by atoms with Crippen LogP contribution in [-0.4, -0.2) is 97.8 Å². The molecule has 6 rings (SSSR count). The van der Waals surface area contributed by atoms with Gasteiger partial charge in [-0.05, 0) is 116 Å². The second-order valence-electron chi connectivity index (χ2n) is 17.9. The Balaban J connectivity index is 0.000000457. The second kappa shape index (κ2) is 24.0. The topological polar surface area (TPSA) is 136 Å². The van der Waals surface area contributed by atoms with Gasteiger partial charge in [-0.3, -0.25) is 22.7 Å². The summed E-state index contributed by atoms with van der Waals surface area (Å²) < 4.78 is 99.5. The minimum atomic E-state index is -3.67. The van der Waals surface area contributed by atoms with Crippen molar-refractivity contribution in [2.75, 3.05) is 31.6 Å². The zero-order valence-corrected chi connectivity index (χ0v) is 40.0. The molecule has 4 aliphatic rings. The standard InChI is InChI=1S/C17H18F2N2O2.C16H19F2NO3.C4H9NSi.C4H10O.CH2Cl2.BF3/c1-16(2,3)23-15(22)21-9-17(7-12(17)14(21)8-20)11-6-10(18)4-5-13(11)19;1-15(2,3)22-14(21)19-8-16(7-11(16)13(19)20)10-6-9(17)4-5-12(10)18;1-6(2,3)4-5;1-3-5-4-2;2-1-3;2-1(3)4/h4-6,12,14H,7,9H2,1-3H3;4-6,11,13,20H,7-8H2,1-3H3;1-3H3;3-4H2,1-2H3;1H2;/t12-,14?,17+;11-,13?,16+;;;;/m00..../s1. The van der Waals surface area contributed by atoms with E-state index in [1.165, 1.54) is 15.9 Å². The normalized spacial score (nSPS) is 23.5. The Morgan fingerprint density at radius 2 is 1.14 bits per heavy atom. The highest BCUT2D eigenvalue weighted by Crippen LogP contribution is 2.63. The summed E-state index contributed by atoms with van der Waals surface area (Å²) in [5.74, 6) is -2.53. The smallest absolute Gasteiger partial charge is 0.444 e. The summed E-state index contributed by atoms with van der Waals surface area (Å²) in [6.07, 6.45) is -1.15. The minimum Gasteiger partial charge on any atom is -0.444 e. The molecule has 2 aromatic carbocycles. The molecule has 2 amide bonds. The van der Waals surface area contributed by atoms with Crippen LogP contribution < -0.4 is 0 Å². The van der Waals surface area contributed by atoms with E-state index < -0.39 is 85.4 Å². The number of amides is 2. The van der Waals surface area contributed by atoms with E-state index in [1.54, 1.807) is 41.5 Å². The number of halogens is 9. The number of aliphatic hydroxyl groups is 1. The number of nitrogens with zero attached hydrogens (tertiary/aromatic N) is 4. The highest BCUT2D eigenvalue weighted by Gasteiger charge is 2.69. The van der Waals surface area contributed by atoms with Crippen molar-refractivity contribution < 1.29 is 59.4 Å². The molecular formula is C42H58BCl2F7N4O6Si. The van der Waals surface area contributed by atoms with Crippen molar-refractivity contribution in [2.45, 2.75) is 122 Å². The summed E-state index contributed by atoms with van der Waals surface area (Å²) in [7, 11) is -4.99. The number of aliphatic hydroxyl groups excluding tert-OH is 1. The van der Waals surface area contributed by atoms with Crippen molar-refractivity contribution in [2.24, 2.45) is 11.8 Å². The van der Waals surface area contributed by atoms with Crippen LogP contribution in [-0.2, 0) is 25.0 Å². The fourth-order valence-corrected chi connectivity index (χ4v) is 6.97. The van der Waals surface area contributed by atoms with Gasteiger partial charge in [0.2, 0.25) is 0 Å². The third-order valence-corrected chi connectivity index (χ3v) is 10.3. The first-order valence-electron chi connectivity index (χ1n) is 20.0. The molecule has 21 heteroatoms. The van der Waals surface area contributed by atoms with E-state index in [2.05, 4.69) is 11.8 Å². The lowest BCUT2D eigenvalue weighted by Crippen LogP contribution is -2.42. The van der Waals surface area contributed by atoms with Crippen LogP contribution in [0, 0.1) is 57.4 Å². The number of fused-ring (bicyclic) bond motifs is 2. The van der Waals surface area contributed by atoms with Gasteiger partial charge in [0, 0.05) is 54.7 Å². The third-order valence-electron chi connectivity index (χ3n) is 9.63. The zero-order valence-electron chi connectivity index (χ0n) is 37.5. The van der Waals surface area contributed by atoms with Crippen molar-refractivity contribution in [1.82, 2.24) is 9.80 Å². The number of nitriles is 2. The lowest BCUT2D eigenvalue weighted by atomic mass is 9.93. The van der Waals surface area contributed by atoms with Crippen molar-refractivity contribution >= 4 is 51.0 Å². The lowest BCUT2D eigenvalue weighted by molar-refractivity contribution is -0.0235. The fourth-order valence-electron chi connectivity index (χ4n) is 6.97. The summed E-state index contributed by atoms with van der Waals surface area (Å²) >= 11 is 9.53. The molecule has 10 nitrogen and oxygen atoms in total. The van der Waals surface area contributed by atoms with E-state index >= 15 is 0 Å². The van der Waals surface area contributed by atoms with Gasteiger partial charge >= 0.3 is 19.7 Å². The molecule has 6 atom stereocenters. The Morgan fingerprint density at radius 3 is 1.48 bits per heavy atom. The molecule has 0 aromatic heterocycles. The molecule has 2 saturated heterocycles. The van der Waals surface area contributed by atoms with E-state index in [4.69, 9.17) is 42.7 Å². The van der Waals surface area contributed by atoms with Gasteiger partial charge in [-0.2, -0.15) is 5.26 Å². The molecule has 2 heterocycles. The molecular weight excluding hydrogens is 899 g/mol. The third kappa shape index (κ3) is 17.3. The number of carbonyl (C=O) groups is 2. The molecule has 4 fully saturated rings. The van der Waals surface area contributed by atoms with Crippen molar-refractivity contribution in [1.29, 1.82) is 10.5 Å². The number of piperidine rings is 2. The number of ether oxygens (including phenoxy) is 3. The molecule has 2 aliphatic carbocycles. The Morgan fingerprint density at radius 1 is 0.794 bits per heavy atom. The number of rotatable bonds is 4. The maximum absolute atomic E-state index is 14.1. The van der Waals surface area contributed by atoms with E-state index in [-0.39, 0.29) is 41.4 Å². The number of likely N-dealkylation sites (tertiary alicyclic amines) is 2. The van der Waals surface area contributed by atoms with Crippen LogP contribution >= 0.6 is 23.2 Å². The van der Waals surface area contributed by atoms with Crippen LogP contribution in [0.25, 0.3) is 0 Å². The van der Waals surface area contributed by atoms with Crippen LogP contribution in [0.15, 0.2) is 36.4 Å². The van der Waals surface area contributed by atoms with Gasteiger partial charge < -0.3 is 19.3 Å². The van der Waals surface area contributed by atoms with Crippen LogP contribution in [0.3, 0.4) is 0 Å². The largest absolute Gasteiger partial charge is 0.762 e. The van der Waals surface area contributed by atoms with Crippen molar-refractivity contribution in [3.8, 4) is 11.8 Å². The lowest BCUT2D eigenvalue weighted by Gasteiger charge is -2.28. The Labute approximate surface area is 377 Å². The van der Waals surface area contributed by atoms with Crippen LogP contribution in [0.4, 0.5) is 40.1 Å². The van der Waals surface area contributed by atoms with Crippen LogP contribution in [0.1, 0.15) is 79.4 Å². The average molecular weight is 958 g/mol. The summed E-state index contributed by atoms with van der Waals surface area (Å²) in [6.45, 7) is 22.5. The first kappa shape index (κ1) is 57.3. The average Bonchev–Trinajstić information content (AvgIpc) is 4.01. The van der Waals surface area contributed by atoms with E-state index in [0.29, 0.717) is 12.8 Å². The molecule has 0 spiro atoms. The number of hydrogen-bond donors (Lipinski definition) is 1. The molecule has 63 heavy (non-hydrogen) atoms. The molecule has 1 N–H and O–H groups in total. The number of carbonyl (C=O) groups excluding carboxylic acids is 2. The van der Waals surface area contributed by atoms with Gasteiger partial charge in [0.15, 0.2) is 8.07 Å². The highest BCUT2D eigenvalue weighted by molar-refractivity contribution is 6.83. The van der Waals surface area contributed by atoms with Gasteiger partial charge in [-0.1, -0.05) is 19.6 Å². The molecule has 0 bridgehead atoms. The summed E-state index contributed by atoms with van der Waals surface area (Å²) in [5, 5.41) is 28.1. The Kier molecular flexibility index (Phi) is 21.8. The van der Waals surface area contributed by atoms with Gasteiger partial charge in [0.1, 0.15) is 46.7 Å². The second-order valence-corrected chi connectivity index (χ2v) is 23.4. The fraction of sp³-hybridized carbons (Fsp3) is 0.619. The van der Waals surface area contributed by atoms with E-state index in [9.17, 15) is 50.5 Å². The highest BCUT2D eigenvalue weighted by atomic mass is 35.5. The molecule has 0 radical (unpaired) electrons. The number of benzene rings is 2. The summed E-state index contributed by atoms with van der Waals surface area (Å²) in [5.41, 5.74) is -0.0301. The predicted molar refractivity (Wildman–Crippen MR) is 230 cm³/mol. The summed E-state index contributed by atoms with van der Waals surface area (Å²) in [6, 6.07) is 8.05. The van der Waals surface area contributed by atoms with Crippen molar-refractivity contribution in [3.05, 3.63) is 70.8 Å². The maximum atomic E-state index is 14.1. The monoisotopic (exact) mass is 956 g/mol.